The average molecular weight is 451 g/mol. The largest absolute Gasteiger partial charge is 0.493 e. The summed E-state index contributed by atoms with van der Waals surface area (Å²) in [6, 6.07) is 8.74. The van der Waals surface area contributed by atoms with Crippen molar-refractivity contribution in [2.45, 2.75) is 52.1 Å². The summed E-state index contributed by atoms with van der Waals surface area (Å²) in [4.78, 5) is 10.8. The molecule has 2 aromatic rings. The molecular weight excluding hydrogens is 423 g/mol. The van der Waals surface area contributed by atoms with Crippen LogP contribution in [0.25, 0.3) is 0 Å². The van der Waals surface area contributed by atoms with Crippen molar-refractivity contribution in [3.05, 3.63) is 58.7 Å². The first-order valence-corrected chi connectivity index (χ1v) is 10.5. The Morgan fingerprint density at radius 3 is 2.38 bits per heavy atom. The predicted octanol–water partition coefficient (Wildman–Crippen LogP) is 5.91. The molecule has 0 aliphatic rings. The van der Waals surface area contributed by atoms with Gasteiger partial charge in [0.05, 0.1) is 18.8 Å². The van der Waals surface area contributed by atoms with Gasteiger partial charge < -0.3 is 20.0 Å². The standard InChI is InChI=1S/C24H28F3NO4/c1-3-16-14-19(9-6-17(16)7-11-23(29)30)31-12-5-13-32-22-10-8-18(24(25,26)27)15-20(22)21(28)4-2/h6,8-10,14-15,28H,3-5,7,11-13H2,1-2H3,(H,29,30). The van der Waals surface area contributed by atoms with Crippen molar-refractivity contribution in [2.75, 3.05) is 13.2 Å². The molecule has 0 saturated carbocycles. The fraction of sp³-hybridized carbons (Fsp3) is 0.417. The number of rotatable bonds is 12. The van der Waals surface area contributed by atoms with Crippen LogP contribution in [0.2, 0.25) is 0 Å². The van der Waals surface area contributed by atoms with Gasteiger partial charge in [-0.05, 0) is 60.7 Å². The van der Waals surface area contributed by atoms with Crippen LogP contribution in [0.5, 0.6) is 11.5 Å². The fourth-order valence-electron chi connectivity index (χ4n) is 3.20. The summed E-state index contributed by atoms with van der Waals surface area (Å²) in [5.74, 6) is 0.0856. The van der Waals surface area contributed by atoms with E-state index >= 15 is 0 Å². The number of aliphatic carboxylic acids is 1. The average Bonchev–Trinajstić information content (AvgIpc) is 2.76. The Kier molecular flexibility index (Phi) is 9.11. The van der Waals surface area contributed by atoms with Crippen molar-refractivity contribution < 1.29 is 32.5 Å². The van der Waals surface area contributed by atoms with Crippen molar-refractivity contribution in [1.82, 2.24) is 0 Å². The van der Waals surface area contributed by atoms with Crippen LogP contribution in [0.15, 0.2) is 36.4 Å². The number of aryl methyl sites for hydroxylation is 2. The number of hydrogen-bond acceptors (Lipinski definition) is 4. The Labute approximate surface area is 185 Å². The first-order valence-electron chi connectivity index (χ1n) is 10.5. The zero-order valence-corrected chi connectivity index (χ0v) is 18.2. The Morgan fingerprint density at radius 1 is 1.03 bits per heavy atom. The number of halogens is 3. The predicted molar refractivity (Wildman–Crippen MR) is 116 cm³/mol. The number of carboxylic acids is 1. The molecule has 5 nitrogen and oxygen atoms in total. The van der Waals surface area contributed by atoms with Crippen LogP contribution in [-0.2, 0) is 23.8 Å². The minimum absolute atomic E-state index is 0.0754. The van der Waals surface area contributed by atoms with Gasteiger partial charge in [0.2, 0.25) is 0 Å². The Hall–Kier alpha value is -3.03. The van der Waals surface area contributed by atoms with Crippen LogP contribution in [0.1, 0.15) is 55.4 Å². The van der Waals surface area contributed by atoms with Crippen LogP contribution >= 0.6 is 0 Å². The minimum atomic E-state index is -4.48. The lowest BCUT2D eigenvalue weighted by Gasteiger charge is -2.15. The van der Waals surface area contributed by atoms with E-state index < -0.39 is 17.7 Å². The third-order valence-corrected chi connectivity index (χ3v) is 4.97. The number of carboxylic acid groups (broad SMARTS) is 1. The highest BCUT2D eigenvalue weighted by Gasteiger charge is 2.31. The third-order valence-electron chi connectivity index (χ3n) is 4.97. The van der Waals surface area contributed by atoms with E-state index in [0.29, 0.717) is 31.6 Å². The summed E-state index contributed by atoms with van der Waals surface area (Å²) < 4.78 is 50.3. The van der Waals surface area contributed by atoms with E-state index in [1.54, 1.807) is 13.0 Å². The number of benzene rings is 2. The molecule has 8 heteroatoms. The zero-order valence-electron chi connectivity index (χ0n) is 18.2. The van der Waals surface area contributed by atoms with E-state index in [1.807, 2.05) is 19.1 Å². The summed E-state index contributed by atoms with van der Waals surface area (Å²) in [7, 11) is 0. The summed E-state index contributed by atoms with van der Waals surface area (Å²) in [6.45, 7) is 4.27. The van der Waals surface area contributed by atoms with Gasteiger partial charge in [0.25, 0.3) is 0 Å². The fourth-order valence-corrected chi connectivity index (χ4v) is 3.20. The minimum Gasteiger partial charge on any atom is -0.493 e. The van der Waals surface area contributed by atoms with Gasteiger partial charge in [0.15, 0.2) is 0 Å². The van der Waals surface area contributed by atoms with Gasteiger partial charge in [-0.25, -0.2) is 0 Å². The van der Waals surface area contributed by atoms with Gasteiger partial charge >= 0.3 is 12.1 Å². The highest BCUT2D eigenvalue weighted by molar-refractivity contribution is 6.00. The molecule has 0 radical (unpaired) electrons. The van der Waals surface area contributed by atoms with Crippen LogP contribution in [0.3, 0.4) is 0 Å². The van der Waals surface area contributed by atoms with Gasteiger partial charge in [-0.3, -0.25) is 4.79 Å². The van der Waals surface area contributed by atoms with Gasteiger partial charge in [-0.15, -0.1) is 0 Å². The van der Waals surface area contributed by atoms with Gasteiger partial charge in [0.1, 0.15) is 11.5 Å². The second-order valence-corrected chi connectivity index (χ2v) is 7.27. The lowest BCUT2D eigenvalue weighted by Crippen LogP contribution is -2.11. The molecule has 174 valence electrons. The molecule has 2 rings (SSSR count). The quantitative estimate of drug-likeness (QED) is 0.311. The SMILES string of the molecule is CCC(=N)c1cc(C(F)(F)F)ccc1OCCCOc1ccc(CCC(=O)O)c(CC)c1. The number of alkyl halides is 3. The zero-order chi connectivity index (χ0) is 23.7. The van der Waals surface area contributed by atoms with Crippen molar-refractivity contribution in [3.8, 4) is 11.5 Å². The van der Waals surface area contributed by atoms with Crippen molar-refractivity contribution >= 4 is 11.7 Å². The summed E-state index contributed by atoms with van der Waals surface area (Å²) in [5.41, 5.74) is 1.44. The number of hydrogen-bond donors (Lipinski definition) is 2. The molecule has 0 atom stereocenters. The Balaban J connectivity index is 1.92. The molecule has 0 aromatic heterocycles. The topological polar surface area (TPSA) is 79.6 Å². The molecule has 0 unspecified atom stereocenters. The van der Waals surface area contributed by atoms with E-state index in [-0.39, 0.29) is 30.1 Å². The molecule has 0 amide bonds. The molecule has 0 spiro atoms. The number of carbonyl (C=O) groups is 1. The maximum absolute atomic E-state index is 13.0. The summed E-state index contributed by atoms with van der Waals surface area (Å²) in [5, 5.41) is 16.8. The molecular formula is C24H28F3NO4. The molecule has 2 N–H and O–H groups in total. The first kappa shape index (κ1) is 25.2. The normalized spacial score (nSPS) is 11.3. The Morgan fingerprint density at radius 2 is 1.75 bits per heavy atom. The lowest BCUT2D eigenvalue weighted by molar-refractivity contribution is -0.138. The van der Waals surface area contributed by atoms with Crippen LogP contribution in [0, 0.1) is 5.41 Å². The number of nitrogens with one attached hydrogen (secondary N) is 1. The molecule has 32 heavy (non-hydrogen) atoms. The summed E-state index contributed by atoms with van der Waals surface area (Å²) >= 11 is 0. The molecule has 0 heterocycles. The molecule has 0 fully saturated rings. The molecule has 0 saturated heterocycles. The molecule has 0 bridgehead atoms. The molecule has 0 aliphatic heterocycles. The van der Waals surface area contributed by atoms with Crippen molar-refractivity contribution in [2.24, 2.45) is 0 Å². The maximum atomic E-state index is 13.0. The molecule has 0 aliphatic carbocycles. The second kappa shape index (κ2) is 11.5. The van der Waals surface area contributed by atoms with Crippen molar-refractivity contribution in [3.63, 3.8) is 0 Å². The highest BCUT2D eigenvalue weighted by atomic mass is 19.4. The third kappa shape index (κ3) is 7.28. The first-order chi connectivity index (χ1) is 15.2. The highest BCUT2D eigenvalue weighted by Crippen LogP contribution is 2.33. The van der Waals surface area contributed by atoms with Crippen molar-refractivity contribution in [1.29, 1.82) is 5.41 Å². The molecule has 2 aromatic carbocycles. The maximum Gasteiger partial charge on any atom is 0.416 e. The number of ether oxygens (including phenoxy) is 2. The van der Waals surface area contributed by atoms with E-state index in [9.17, 15) is 18.0 Å². The van der Waals surface area contributed by atoms with Gasteiger partial charge in [-0.2, -0.15) is 13.2 Å². The van der Waals surface area contributed by atoms with Gasteiger partial charge in [-0.1, -0.05) is 19.9 Å². The van der Waals surface area contributed by atoms with Crippen LogP contribution in [-0.4, -0.2) is 30.0 Å². The van der Waals surface area contributed by atoms with E-state index in [1.165, 1.54) is 6.07 Å². The van der Waals surface area contributed by atoms with E-state index in [4.69, 9.17) is 20.0 Å². The van der Waals surface area contributed by atoms with E-state index in [2.05, 4.69) is 0 Å². The van der Waals surface area contributed by atoms with E-state index in [0.717, 1.165) is 29.7 Å². The lowest BCUT2D eigenvalue weighted by atomic mass is 10.0. The Bertz CT molecular complexity index is 941. The van der Waals surface area contributed by atoms with Gasteiger partial charge in [0, 0.05) is 24.1 Å². The summed E-state index contributed by atoms with van der Waals surface area (Å²) in [6.07, 6.45) is -2.38. The van der Waals surface area contributed by atoms with Crippen LogP contribution < -0.4 is 9.47 Å². The van der Waals surface area contributed by atoms with Crippen LogP contribution in [0.4, 0.5) is 13.2 Å². The smallest absolute Gasteiger partial charge is 0.416 e. The second-order valence-electron chi connectivity index (χ2n) is 7.27. The monoisotopic (exact) mass is 451 g/mol.